The number of halogens is 1. The molecule has 18 heavy (non-hydrogen) atoms. The van der Waals surface area contributed by atoms with Crippen molar-refractivity contribution in [1.29, 1.82) is 0 Å². The molecule has 0 bridgehead atoms. The summed E-state index contributed by atoms with van der Waals surface area (Å²) in [6.45, 7) is 10.0. The van der Waals surface area contributed by atoms with Crippen LogP contribution < -0.4 is 0 Å². The molecule has 1 rings (SSSR count). The Hall–Kier alpha value is -1.09. The van der Waals surface area contributed by atoms with Crippen LogP contribution in [-0.2, 0) is 6.42 Å². The molecule has 0 saturated carbocycles. The van der Waals surface area contributed by atoms with E-state index in [-0.39, 0.29) is 18.0 Å². The number of aromatic nitrogens is 1. The molecule has 0 aliphatic rings. The molecule has 1 aromatic rings. The van der Waals surface area contributed by atoms with E-state index < -0.39 is 0 Å². The highest BCUT2D eigenvalue weighted by atomic mass is 35.5. The third kappa shape index (κ3) is 3.02. The van der Waals surface area contributed by atoms with Gasteiger partial charge in [-0.2, -0.15) is 0 Å². The first-order valence-electron chi connectivity index (χ1n) is 6.36. The fourth-order valence-electron chi connectivity index (χ4n) is 2.18. The number of pyridine rings is 1. The lowest BCUT2D eigenvalue weighted by Crippen LogP contribution is -2.42. The second kappa shape index (κ2) is 6.19. The van der Waals surface area contributed by atoms with Crippen LogP contribution in [0.15, 0.2) is 12.3 Å². The molecule has 3 nitrogen and oxygen atoms in total. The van der Waals surface area contributed by atoms with Gasteiger partial charge >= 0.3 is 0 Å². The fraction of sp³-hybridized carbons (Fsp3) is 0.571. The van der Waals surface area contributed by atoms with E-state index in [9.17, 15) is 4.79 Å². The number of hydrogen-bond donors (Lipinski definition) is 0. The maximum Gasteiger partial charge on any atom is 0.273 e. The first kappa shape index (κ1) is 15.0. The van der Waals surface area contributed by atoms with Crippen LogP contribution in [0.4, 0.5) is 0 Å². The molecule has 1 amide bonds. The summed E-state index contributed by atoms with van der Waals surface area (Å²) in [5.41, 5.74) is 1.31. The van der Waals surface area contributed by atoms with E-state index in [1.54, 1.807) is 12.3 Å². The second-order valence-corrected chi connectivity index (χ2v) is 5.28. The fourth-order valence-corrected chi connectivity index (χ4v) is 2.46. The zero-order valence-corrected chi connectivity index (χ0v) is 12.5. The maximum absolute atomic E-state index is 12.6. The average Bonchev–Trinajstić information content (AvgIpc) is 2.27. The molecule has 0 radical (unpaired) electrons. The highest BCUT2D eigenvalue weighted by Gasteiger charge is 2.25. The van der Waals surface area contributed by atoms with Crippen LogP contribution >= 0.6 is 11.6 Å². The number of carbonyl (C=O) groups is 1. The van der Waals surface area contributed by atoms with Gasteiger partial charge in [-0.3, -0.25) is 9.78 Å². The van der Waals surface area contributed by atoms with E-state index in [4.69, 9.17) is 11.6 Å². The Bertz CT molecular complexity index is 422. The molecule has 0 aromatic carbocycles. The molecule has 0 atom stereocenters. The lowest BCUT2D eigenvalue weighted by atomic mass is 10.1. The largest absolute Gasteiger partial charge is 0.332 e. The monoisotopic (exact) mass is 268 g/mol. The molecule has 0 spiro atoms. The lowest BCUT2D eigenvalue weighted by molar-refractivity contribution is 0.0636. The third-order valence-electron chi connectivity index (χ3n) is 2.90. The molecule has 0 N–H and O–H groups in total. The molecule has 0 unspecified atom stereocenters. The summed E-state index contributed by atoms with van der Waals surface area (Å²) < 4.78 is 0. The number of carbonyl (C=O) groups excluding carboxylic acids is 1. The highest BCUT2D eigenvalue weighted by Crippen LogP contribution is 2.21. The Kier molecular flexibility index (Phi) is 5.15. The van der Waals surface area contributed by atoms with Crippen LogP contribution in [-0.4, -0.2) is 27.9 Å². The Morgan fingerprint density at radius 2 is 1.89 bits per heavy atom. The summed E-state index contributed by atoms with van der Waals surface area (Å²) in [5, 5.41) is 0.614. The van der Waals surface area contributed by atoms with Crippen LogP contribution in [0.3, 0.4) is 0 Å². The summed E-state index contributed by atoms with van der Waals surface area (Å²) in [6, 6.07) is 2.01. The molecule has 0 saturated heterocycles. The molecular weight excluding hydrogens is 248 g/mol. The van der Waals surface area contributed by atoms with Crippen molar-refractivity contribution in [2.75, 3.05) is 0 Å². The van der Waals surface area contributed by atoms with Crippen LogP contribution in [0.25, 0.3) is 0 Å². The molecule has 100 valence electrons. The zero-order valence-electron chi connectivity index (χ0n) is 11.7. The van der Waals surface area contributed by atoms with Gasteiger partial charge in [0.2, 0.25) is 0 Å². The molecule has 0 aliphatic carbocycles. The first-order chi connectivity index (χ1) is 8.40. The van der Waals surface area contributed by atoms with Crippen LogP contribution in [0.5, 0.6) is 0 Å². The van der Waals surface area contributed by atoms with Crippen molar-refractivity contribution >= 4 is 17.5 Å². The number of amides is 1. The number of nitrogens with zero attached hydrogens (tertiary/aromatic N) is 2. The molecule has 1 heterocycles. The lowest BCUT2D eigenvalue weighted by Gasteiger charge is -2.31. The Balaban J connectivity index is 3.21. The quantitative estimate of drug-likeness (QED) is 0.837. The minimum Gasteiger partial charge on any atom is -0.332 e. The summed E-state index contributed by atoms with van der Waals surface area (Å²) in [6.07, 6.45) is 2.30. The van der Waals surface area contributed by atoms with Gasteiger partial charge in [0.05, 0.1) is 0 Å². The van der Waals surface area contributed by atoms with Crippen molar-refractivity contribution in [2.24, 2.45) is 0 Å². The standard InChI is InChI=1S/C14H21ClN2O/c1-6-11-12(15)7-8-16-13(11)14(18)17(9(2)3)10(4)5/h7-10H,6H2,1-5H3. The highest BCUT2D eigenvalue weighted by molar-refractivity contribution is 6.31. The predicted octanol–water partition coefficient (Wildman–Crippen LogP) is 3.56. The van der Waals surface area contributed by atoms with Crippen molar-refractivity contribution in [2.45, 2.75) is 53.1 Å². The van der Waals surface area contributed by atoms with E-state index in [1.807, 2.05) is 39.5 Å². The van der Waals surface area contributed by atoms with Gasteiger partial charge in [0, 0.05) is 28.9 Å². The van der Waals surface area contributed by atoms with Crippen LogP contribution in [0, 0.1) is 0 Å². The number of hydrogen-bond acceptors (Lipinski definition) is 2. The van der Waals surface area contributed by atoms with Crippen molar-refractivity contribution in [1.82, 2.24) is 9.88 Å². The van der Waals surface area contributed by atoms with E-state index in [1.165, 1.54) is 0 Å². The van der Waals surface area contributed by atoms with Gasteiger partial charge in [-0.15, -0.1) is 0 Å². The van der Waals surface area contributed by atoms with Crippen molar-refractivity contribution < 1.29 is 4.79 Å². The molecule has 1 aromatic heterocycles. The Labute approximate surface area is 114 Å². The Morgan fingerprint density at radius 3 is 2.33 bits per heavy atom. The topological polar surface area (TPSA) is 33.2 Å². The van der Waals surface area contributed by atoms with Gasteiger partial charge in [-0.1, -0.05) is 18.5 Å². The summed E-state index contributed by atoms with van der Waals surface area (Å²) in [4.78, 5) is 18.6. The SMILES string of the molecule is CCc1c(Cl)ccnc1C(=O)N(C(C)C)C(C)C. The molecule has 0 fully saturated rings. The van der Waals surface area contributed by atoms with Crippen LogP contribution in [0.2, 0.25) is 5.02 Å². The second-order valence-electron chi connectivity index (χ2n) is 4.87. The smallest absolute Gasteiger partial charge is 0.273 e. The van der Waals surface area contributed by atoms with E-state index in [2.05, 4.69) is 4.98 Å². The maximum atomic E-state index is 12.6. The van der Waals surface area contributed by atoms with Crippen LogP contribution in [0.1, 0.15) is 50.7 Å². The van der Waals surface area contributed by atoms with Gasteiger partial charge < -0.3 is 4.90 Å². The summed E-state index contributed by atoms with van der Waals surface area (Å²) in [7, 11) is 0. The normalized spacial score (nSPS) is 11.1. The summed E-state index contributed by atoms with van der Waals surface area (Å²) >= 11 is 6.13. The van der Waals surface area contributed by atoms with Crippen molar-refractivity contribution in [3.8, 4) is 0 Å². The molecular formula is C14H21ClN2O. The molecule has 0 aliphatic heterocycles. The van der Waals surface area contributed by atoms with Gasteiger partial charge in [0.25, 0.3) is 5.91 Å². The molecule has 4 heteroatoms. The van der Waals surface area contributed by atoms with E-state index in [0.29, 0.717) is 17.1 Å². The van der Waals surface area contributed by atoms with Crippen molar-refractivity contribution in [3.05, 3.63) is 28.5 Å². The van der Waals surface area contributed by atoms with Gasteiger partial charge in [-0.25, -0.2) is 0 Å². The first-order valence-corrected chi connectivity index (χ1v) is 6.73. The van der Waals surface area contributed by atoms with E-state index >= 15 is 0 Å². The van der Waals surface area contributed by atoms with Gasteiger partial charge in [0.15, 0.2) is 0 Å². The third-order valence-corrected chi connectivity index (χ3v) is 3.26. The number of rotatable bonds is 4. The van der Waals surface area contributed by atoms with Gasteiger partial charge in [-0.05, 0) is 40.2 Å². The zero-order chi connectivity index (χ0) is 13.9. The van der Waals surface area contributed by atoms with E-state index in [0.717, 1.165) is 5.56 Å². The minimum atomic E-state index is -0.0423. The predicted molar refractivity (Wildman–Crippen MR) is 75.1 cm³/mol. The minimum absolute atomic E-state index is 0.0423. The van der Waals surface area contributed by atoms with Gasteiger partial charge in [0.1, 0.15) is 5.69 Å². The van der Waals surface area contributed by atoms with Crippen molar-refractivity contribution in [3.63, 3.8) is 0 Å². The summed E-state index contributed by atoms with van der Waals surface area (Å²) in [5.74, 6) is -0.0423. The Morgan fingerprint density at radius 1 is 1.33 bits per heavy atom. The average molecular weight is 269 g/mol.